The number of hydrogen-bond acceptors (Lipinski definition) is 16. The van der Waals surface area contributed by atoms with Crippen molar-refractivity contribution >= 4 is 27.6 Å². The molecule has 9 atom stereocenters. The van der Waals surface area contributed by atoms with Crippen LogP contribution in [0.25, 0.3) is 0 Å². The SMILES string of the molecule is CCCCCCCCCCCCCCCC(=O)OC[C@@H](CO[C@H]1O[C@H](COP(=O)(O)OC[C@@H](N)COP(=O)(O)OCC[N+](C)(C)C)[C@@H](O)[C@H](O)[C@H]1O)OC(=O)CCCCCCCCCCCCCCC. The number of phosphoric ester groups is 2. The Morgan fingerprint density at radius 3 is 1.41 bits per heavy atom. The van der Waals surface area contributed by atoms with E-state index in [9.17, 15) is 43.8 Å². The van der Waals surface area contributed by atoms with Gasteiger partial charge >= 0.3 is 27.6 Å². The molecule has 416 valence electrons. The summed E-state index contributed by atoms with van der Waals surface area (Å²) in [5.74, 6) is -0.974. The topological polar surface area (TPSA) is 269 Å². The Hall–Kier alpha value is -1.12. The molecule has 1 aliphatic heterocycles. The number of aliphatic hydroxyl groups is 3. The highest BCUT2D eigenvalue weighted by Crippen LogP contribution is 2.45. The third-order valence-corrected chi connectivity index (χ3v) is 14.1. The average molecular weight is 1050 g/mol. The number of phosphoric acid groups is 2. The van der Waals surface area contributed by atoms with Gasteiger partial charge in [-0.25, -0.2) is 9.13 Å². The molecule has 0 bridgehead atoms. The Morgan fingerprint density at radius 1 is 0.557 bits per heavy atom. The first kappa shape index (κ1) is 66.9. The summed E-state index contributed by atoms with van der Waals surface area (Å²) in [6, 6.07) is -1.16. The summed E-state index contributed by atoms with van der Waals surface area (Å²) in [4.78, 5) is 45.9. The number of rotatable bonds is 47. The second kappa shape index (κ2) is 40.2. The second-order valence-corrected chi connectivity index (χ2v) is 23.0. The Labute approximate surface area is 421 Å². The number of aliphatic hydroxyl groups excluding tert-OH is 3. The van der Waals surface area contributed by atoms with Crippen molar-refractivity contribution < 1.29 is 85.4 Å². The number of unbranched alkanes of at least 4 members (excludes halogenated alkanes) is 24. The summed E-state index contributed by atoms with van der Waals surface area (Å²) in [7, 11) is -3.75. The molecule has 0 saturated carbocycles. The minimum Gasteiger partial charge on any atom is -0.462 e. The lowest BCUT2D eigenvalue weighted by molar-refractivity contribution is -0.870. The van der Waals surface area contributed by atoms with Crippen LogP contribution in [0.3, 0.4) is 0 Å². The molecule has 1 heterocycles. The third-order valence-electron chi connectivity index (χ3n) is 12.1. The molecular weight excluding hydrogens is 950 g/mol. The summed E-state index contributed by atoms with van der Waals surface area (Å²) in [5, 5.41) is 32.0. The maximum atomic E-state index is 13.0. The Bertz CT molecular complexity index is 1410. The van der Waals surface area contributed by atoms with Gasteiger partial charge in [0.05, 0.1) is 53.6 Å². The average Bonchev–Trinajstić information content (AvgIpc) is 3.30. The van der Waals surface area contributed by atoms with Crippen molar-refractivity contribution in [2.45, 2.75) is 236 Å². The van der Waals surface area contributed by atoms with Crippen LogP contribution in [-0.4, -0.2) is 152 Å². The zero-order valence-electron chi connectivity index (χ0n) is 43.8. The van der Waals surface area contributed by atoms with Crippen molar-refractivity contribution in [2.24, 2.45) is 5.73 Å². The van der Waals surface area contributed by atoms with Crippen LogP contribution in [0, 0.1) is 0 Å². The van der Waals surface area contributed by atoms with Crippen molar-refractivity contribution in [1.82, 2.24) is 0 Å². The predicted molar refractivity (Wildman–Crippen MR) is 268 cm³/mol. The molecule has 21 heteroatoms. The van der Waals surface area contributed by atoms with Gasteiger partial charge in [-0.05, 0) is 12.8 Å². The number of carbonyl (C=O) groups excluding carboxylic acids is 2. The van der Waals surface area contributed by atoms with Crippen molar-refractivity contribution in [2.75, 3.05) is 67.3 Å². The molecular formula is C49H99N2O17P2+. The largest absolute Gasteiger partial charge is 0.472 e. The number of ether oxygens (including phenoxy) is 4. The molecule has 1 rings (SSSR count). The molecule has 0 aromatic heterocycles. The van der Waals surface area contributed by atoms with E-state index in [0.717, 1.165) is 38.5 Å². The molecule has 0 spiro atoms. The molecule has 0 radical (unpaired) electrons. The van der Waals surface area contributed by atoms with Gasteiger partial charge in [-0.15, -0.1) is 0 Å². The van der Waals surface area contributed by atoms with Crippen LogP contribution >= 0.6 is 15.6 Å². The molecule has 0 aromatic rings. The van der Waals surface area contributed by atoms with Crippen LogP contribution in [0.15, 0.2) is 0 Å². The maximum absolute atomic E-state index is 13.0. The van der Waals surface area contributed by atoms with Gasteiger partial charge in [-0.2, -0.15) is 0 Å². The lowest BCUT2D eigenvalue weighted by Crippen LogP contribution is -2.59. The van der Waals surface area contributed by atoms with Crippen molar-refractivity contribution in [1.29, 1.82) is 0 Å². The molecule has 19 nitrogen and oxygen atoms in total. The number of quaternary nitrogens is 1. The Balaban J connectivity index is 2.68. The highest BCUT2D eigenvalue weighted by molar-refractivity contribution is 7.47. The van der Waals surface area contributed by atoms with Gasteiger partial charge in [0.25, 0.3) is 0 Å². The summed E-state index contributed by atoms with van der Waals surface area (Å²) in [6.45, 7) is 1.98. The first-order valence-corrected chi connectivity index (χ1v) is 29.7. The van der Waals surface area contributed by atoms with Crippen molar-refractivity contribution in [3.63, 3.8) is 0 Å². The van der Waals surface area contributed by atoms with E-state index in [4.69, 9.17) is 42.8 Å². The summed E-state index contributed by atoms with van der Waals surface area (Å²) < 4.78 is 67.5. The smallest absolute Gasteiger partial charge is 0.462 e. The van der Waals surface area contributed by atoms with Crippen molar-refractivity contribution in [3.8, 4) is 0 Å². The van der Waals surface area contributed by atoms with Gasteiger partial charge in [0, 0.05) is 12.8 Å². The number of likely N-dealkylation sites (N-methyl/N-ethyl adjacent to an activating group) is 1. The van der Waals surface area contributed by atoms with Gasteiger partial charge in [0.1, 0.15) is 44.2 Å². The zero-order valence-corrected chi connectivity index (χ0v) is 45.6. The number of esters is 2. The summed E-state index contributed by atoms with van der Waals surface area (Å²) in [5.41, 5.74) is 5.83. The highest BCUT2D eigenvalue weighted by Gasteiger charge is 2.45. The van der Waals surface area contributed by atoms with Crippen molar-refractivity contribution in [3.05, 3.63) is 0 Å². The summed E-state index contributed by atoms with van der Waals surface area (Å²) >= 11 is 0. The van der Waals surface area contributed by atoms with Gasteiger partial charge in [0.15, 0.2) is 12.4 Å². The molecule has 1 aliphatic rings. The van der Waals surface area contributed by atoms with E-state index in [1.165, 1.54) is 116 Å². The fraction of sp³-hybridized carbons (Fsp3) is 0.959. The number of nitrogens with zero attached hydrogens (tertiary/aromatic N) is 1. The number of hydrogen-bond donors (Lipinski definition) is 6. The van der Waals surface area contributed by atoms with E-state index < -0.39 is 96.9 Å². The monoisotopic (exact) mass is 1050 g/mol. The van der Waals surface area contributed by atoms with E-state index in [1.807, 2.05) is 21.1 Å². The first-order valence-electron chi connectivity index (χ1n) is 26.7. The quantitative estimate of drug-likeness (QED) is 0.0144. The van der Waals surface area contributed by atoms with E-state index in [2.05, 4.69) is 13.8 Å². The fourth-order valence-corrected chi connectivity index (χ4v) is 9.24. The fourth-order valence-electron chi connectivity index (χ4n) is 7.69. The van der Waals surface area contributed by atoms with Gasteiger partial charge in [-0.3, -0.25) is 27.7 Å². The van der Waals surface area contributed by atoms with E-state index in [-0.39, 0.29) is 26.1 Å². The van der Waals surface area contributed by atoms with E-state index >= 15 is 0 Å². The lowest BCUT2D eigenvalue weighted by Gasteiger charge is -2.40. The first-order chi connectivity index (χ1) is 33.3. The second-order valence-electron chi connectivity index (χ2n) is 20.1. The van der Waals surface area contributed by atoms with Gasteiger partial charge in [-0.1, -0.05) is 168 Å². The molecule has 70 heavy (non-hydrogen) atoms. The van der Waals surface area contributed by atoms with Crippen LogP contribution in [0.1, 0.15) is 194 Å². The Morgan fingerprint density at radius 2 is 0.971 bits per heavy atom. The zero-order chi connectivity index (χ0) is 52.1. The molecule has 1 fully saturated rings. The molecule has 2 unspecified atom stereocenters. The van der Waals surface area contributed by atoms with Crippen LogP contribution in [-0.2, 0) is 55.8 Å². The van der Waals surface area contributed by atoms with E-state index in [0.29, 0.717) is 23.9 Å². The standard InChI is InChI=1S/C49H98N2O17P2/c1-6-8-10-12-14-16-18-20-22-24-26-28-30-32-44(52)61-38-42(67-45(53)33-31-29-27-25-23-21-19-17-15-13-11-9-7-2)39-62-49-48(56)47(55)46(54)43(68-49)40-66-70(59,60)65-37-41(50)36-64-69(57,58)63-35-34-51(3,4)5/h41-43,46-49,54-56H,6-40,50H2,1-5H3,(H-,57,58,59,60)/p+1/t41-,42-,43+,46+,47-,48+,49-/m0/s1. The molecule has 0 amide bonds. The molecule has 1 saturated heterocycles. The van der Waals surface area contributed by atoms with Crippen LogP contribution < -0.4 is 5.73 Å². The minimum atomic E-state index is -4.89. The third kappa shape index (κ3) is 36.7. The number of carbonyl (C=O) groups is 2. The van der Waals surface area contributed by atoms with Crippen LogP contribution in [0.5, 0.6) is 0 Å². The van der Waals surface area contributed by atoms with Gasteiger partial charge in [0.2, 0.25) is 0 Å². The normalized spacial score (nSPS) is 21.2. The maximum Gasteiger partial charge on any atom is 0.472 e. The van der Waals surface area contributed by atoms with Crippen LogP contribution in [0.4, 0.5) is 0 Å². The number of nitrogens with two attached hydrogens (primary N) is 1. The van der Waals surface area contributed by atoms with E-state index in [1.54, 1.807) is 0 Å². The molecule has 0 aliphatic carbocycles. The van der Waals surface area contributed by atoms with Gasteiger partial charge < -0.3 is 54.3 Å². The van der Waals surface area contributed by atoms with Crippen LogP contribution in [0.2, 0.25) is 0 Å². The highest BCUT2D eigenvalue weighted by atomic mass is 31.2. The lowest BCUT2D eigenvalue weighted by atomic mass is 9.99. The predicted octanol–water partition coefficient (Wildman–Crippen LogP) is 8.53. The Kier molecular flexibility index (Phi) is 38.4. The molecule has 0 aromatic carbocycles. The minimum absolute atomic E-state index is 0.0714. The summed E-state index contributed by atoms with van der Waals surface area (Å²) in [6.07, 6.45) is 20.9. The molecule has 7 N–H and O–H groups in total.